The highest BCUT2D eigenvalue weighted by Gasteiger charge is 2.33. The maximum atomic E-state index is 13.7. The van der Waals surface area contributed by atoms with Crippen molar-refractivity contribution in [3.05, 3.63) is 34.6 Å². The molecule has 2 rings (SSSR count). The molecule has 1 atom stereocenters. The van der Waals surface area contributed by atoms with Gasteiger partial charge in [0.05, 0.1) is 18.6 Å². The molecule has 0 aliphatic carbocycles. The Balaban J connectivity index is 0.00000242. The maximum absolute atomic E-state index is 13.7. The minimum absolute atomic E-state index is 0. The van der Waals surface area contributed by atoms with Crippen molar-refractivity contribution >= 4 is 29.9 Å². The van der Waals surface area contributed by atoms with Crippen LogP contribution in [-0.4, -0.2) is 38.3 Å². The number of carbonyl (C=O) groups excluding carboxylic acids is 1. The van der Waals surface area contributed by atoms with E-state index in [4.69, 9.17) is 16.3 Å². The van der Waals surface area contributed by atoms with E-state index in [1.165, 1.54) is 12.1 Å². The number of rotatable bonds is 6. The maximum Gasteiger partial charge on any atom is 0.224 e. The normalized spacial score (nSPS) is 20.5. The molecule has 1 amide bonds. The molecule has 124 valence electrons. The lowest BCUT2D eigenvalue weighted by atomic mass is 9.98. The van der Waals surface area contributed by atoms with Gasteiger partial charge in [-0.15, -0.1) is 12.4 Å². The summed E-state index contributed by atoms with van der Waals surface area (Å²) in [5, 5.41) is 6.49. The summed E-state index contributed by atoms with van der Waals surface area (Å²) in [5.74, 6) is -0.700. The molecule has 1 aliphatic heterocycles. The van der Waals surface area contributed by atoms with E-state index in [-0.39, 0.29) is 40.9 Å². The Morgan fingerprint density at radius 1 is 1.55 bits per heavy atom. The fourth-order valence-corrected chi connectivity index (χ4v) is 2.89. The van der Waals surface area contributed by atoms with Gasteiger partial charge in [0.2, 0.25) is 5.91 Å². The quantitative estimate of drug-likeness (QED) is 0.827. The van der Waals surface area contributed by atoms with Gasteiger partial charge in [0, 0.05) is 24.2 Å². The van der Waals surface area contributed by atoms with E-state index in [1.807, 2.05) is 0 Å². The van der Waals surface area contributed by atoms with E-state index in [0.29, 0.717) is 13.2 Å². The van der Waals surface area contributed by atoms with E-state index in [2.05, 4.69) is 10.6 Å². The Morgan fingerprint density at radius 3 is 2.91 bits per heavy atom. The van der Waals surface area contributed by atoms with Gasteiger partial charge >= 0.3 is 0 Å². The van der Waals surface area contributed by atoms with Gasteiger partial charge in [-0.25, -0.2) is 4.39 Å². The summed E-state index contributed by atoms with van der Waals surface area (Å²) in [6, 6.07) is 4.41. The summed E-state index contributed by atoms with van der Waals surface area (Å²) in [6.45, 7) is 1.91. The zero-order chi connectivity index (χ0) is 15.3. The number of hydrogen-bond donors (Lipinski definition) is 2. The van der Waals surface area contributed by atoms with Crippen molar-refractivity contribution in [1.82, 2.24) is 10.6 Å². The molecule has 1 aromatic carbocycles. The first-order valence-corrected chi connectivity index (χ1v) is 7.38. The molecule has 0 spiro atoms. The SMILES string of the molecule is COCC1(CNC(=O)Cc2c(F)cccc2Cl)CCCN1.Cl. The average Bonchev–Trinajstić information content (AvgIpc) is 2.90. The molecule has 1 fully saturated rings. The first-order chi connectivity index (χ1) is 10.1. The highest BCUT2D eigenvalue weighted by Crippen LogP contribution is 2.21. The molecule has 2 N–H and O–H groups in total. The van der Waals surface area contributed by atoms with Gasteiger partial charge in [0.1, 0.15) is 5.82 Å². The lowest BCUT2D eigenvalue weighted by molar-refractivity contribution is -0.120. The lowest BCUT2D eigenvalue weighted by Gasteiger charge is -2.29. The first-order valence-electron chi connectivity index (χ1n) is 7.00. The van der Waals surface area contributed by atoms with Crippen molar-refractivity contribution in [2.45, 2.75) is 24.8 Å². The molecule has 1 heterocycles. The molecule has 0 saturated carbocycles. The second-order valence-electron chi connectivity index (χ2n) is 5.40. The second-order valence-corrected chi connectivity index (χ2v) is 5.80. The topological polar surface area (TPSA) is 50.4 Å². The molecule has 0 bridgehead atoms. The monoisotopic (exact) mass is 350 g/mol. The highest BCUT2D eigenvalue weighted by molar-refractivity contribution is 6.31. The first kappa shape index (κ1) is 19.2. The Kier molecular flexibility index (Phi) is 7.56. The van der Waals surface area contributed by atoms with Crippen LogP contribution in [-0.2, 0) is 16.0 Å². The van der Waals surface area contributed by atoms with Crippen LogP contribution in [0.4, 0.5) is 4.39 Å². The van der Waals surface area contributed by atoms with Gasteiger partial charge < -0.3 is 15.4 Å². The van der Waals surface area contributed by atoms with Crippen LogP contribution in [0.5, 0.6) is 0 Å². The molecule has 0 aromatic heterocycles. The Bertz CT molecular complexity index is 488. The minimum atomic E-state index is -0.455. The summed E-state index contributed by atoms with van der Waals surface area (Å²) in [6.07, 6.45) is 1.94. The lowest BCUT2D eigenvalue weighted by Crippen LogP contribution is -2.53. The minimum Gasteiger partial charge on any atom is -0.383 e. The van der Waals surface area contributed by atoms with Crippen molar-refractivity contribution in [2.75, 3.05) is 26.8 Å². The molecule has 1 aliphatic rings. The van der Waals surface area contributed by atoms with Crippen molar-refractivity contribution in [1.29, 1.82) is 0 Å². The number of hydrogen-bond acceptors (Lipinski definition) is 3. The molecule has 4 nitrogen and oxygen atoms in total. The zero-order valence-corrected chi connectivity index (χ0v) is 14.0. The van der Waals surface area contributed by atoms with Crippen LogP contribution in [0.2, 0.25) is 5.02 Å². The number of nitrogens with one attached hydrogen (secondary N) is 2. The van der Waals surface area contributed by atoms with Crippen molar-refractivity contribution in [3.63, 3.8) is 0 Å². The fraction of sp³-hybridized carbons (Fsp3) is 0.533. The molecule has 1 unspecified atom stereocenters. The van der Waals surface area contributed by atoms with Crippen LogP contribution in [0.3, 0.4) is 0 Å². The van der Waals surface area contributed by atoms with Crippen LogP contribution in [0.15, 0.2) is 18.2 Å². The molecular formula is C15H21Cl2FN2O2. The number of benzene rings is 1. The third kappa shape index (κ3) is 4.81. The van der Waals surface area contributed by atoms with Crippen molar-refractivity contribution in [2.24, 2.45) is 0 Å². The van der Waals surface area contributed by atoms with E-state index in [1.54, 1.807) is 13.2 Å². The summed E-state index contributed by atoms with van der Waals surface area (Å²) >= 11 is 5.93. The van der Waals surface area contributed by atoms with Gasteiger partial charge in [0.15, 0.2) is 0 Å². The predicted octanol–water partition coefficient (Wildman–Crippen LogP) is 2.33. The van der Waals surface area contributed by atoms with Gasteiger partial charge in [0.25, 0.3) is 0 Å². The molecule has 0 radical (unpaired) electrons. The van der Waals surface area contributed by atoms with Crippen LogP contribution < -0.4 is 10.6 Å². The Hall–Kier alpha value is -0.880. The van der Waals surface area contributed by atoms with Crippen LogP contribution in [0.25, 0.3) is 0 Å². The van der Waals surface area contributed by atoms with Gasteiger partial charge in [-0.2, -0.15) is 0 Å². The fourth-order valence-electron chi connectivity index (χ4n) is 2.66. The number of amides is 1. The number of halogens is 3. The highest BCUT2D eigenvalue weighted by atomic mass is 35.5. The van der Waals surface area contributed by atoms with E-state index in [0.717, 1.165) is 19.4 Å². The van der Waals surface area contributed by atoms with Crippen LogP contribution >= 0.6 is 24.0 Å². The second kappa shape index (κ2) is 8.67. The number of ether oxygens (including phenoxy) is 1. The molecular weight excluding hydrogens is 330 g/mol. The van der Waals surface area contributed by atoms with E-state index >= 15 is 0 Å². The largest absolute Gasteiger partial charge is 0.383 e. The van der Waals surface area contributed by atoms with Gasteiger partial charge in [-0.1, -0.05) is 17.7 Å². The Labute approximate surface area is 141 Å². The third-order valence-corrected chi connectivity index (χ3v) is 4.13. The number of methoxy groups -OCH3 is 1. The zero-order valence-electron chi connectivity index (χ0n) is 12.5. The van der Waals surface area contributed by atoms with Gasteiger partial charge in [-0.3, -0.25) is 4.79 Å². The molecule has 1 aromatic rings. The van der Waals surface area contributed by atoms with Crippen LogP contribution in [0.1, 0.15) is 18.4 Å². The van der Waals surface area contributed by atoms with Crippen LogP contribution in [0, 0.1) is 5.82 Å². The number of carbonyl (C=O) groups is 1. The summed E-state index contributed by atoms with van der Waals surface area (Å²) < 4.78 is 18.9. The van der Waals surface area contributed by atoms with E-state index < -0.39 is 5.82 Å². The summed E-state index contributed by atoms with van der Waals surface area (Å²) in [7, 11) is 1.64. The van der Waals surface area contributed by atoms with Crippen molar-refractivity contribution < 1.29 is 13.9 Å². The molecule has 7 heteroatoms. The predicted molar refractivity (Wildman–Crippen MR) is 87.2 cm³/mol. The summed E-state index contributed by atoms with van der Waals surface area (Å²) in [4.78, 5) is 12.0. The van der Waals surface area contributed by atoms with Crippen molar-refractivity contribution in [3.8, 4) is 0 Å². The smallest absolute Gasteiger partial charge is 0.224 e. The summed E-state index contributed by atoms with van der Waals surface area (Å²) in [5.41, 5.74) is 0.0144. The average molecular weight is 351 g/mol. The molecule has 1 saturated heterocycles. The standard InChI is InChI=1S/C15H20ClFN2O2.ClH/c1-21-10-15(6-3-7-19-15)9-18-14(20)8-11-12(16)4-2-5-13(11)17;/h2,4-5,19H,3,6-10H2,1H3,(H,18,20);1H. The molecule has 22 heavy (non-hydrogen) atoms. The van der Waals surface area contributed by atoms with Gasteiger partial charge in [-0.05, 0) is 31.5 Å². The third-order valence-electron chi connectivity index (χ3n) is 3.78. The Morgan fingerprint density at radius 2 is 2.32 bits per heavy atom. The van der Waals surface area contributed by atoms with E-state index in [9.17, 15) is 9.18 Å².